The van der Waals surface area contributed by atoms with Crippen molar-refractivity contribution in [3.63, 3.8) is 0 Å². The zero-order valence-corrected chi connectivity index (χ0v) is 12.6. The van der Waals surface area contributed by atoms with Crippen molar-refractivity contribution in [2.45, 2.75) is 27.3 Å². The molecular weight excluding hydrogens is 238 g/mol. The first-order valence-electron chi connectivity index (χ1n) is 7.08. The van der Waals surface area contributed by atoms with Gasteiger partial charge >= 0.3 is 0 Å². The van der Waals surface area contributed by atoms with Crippen LogP contribution in [0.4, 0.5) is 5.82 Å². The summed E-state index contributed by atoms with van der Waals surface area (Å²) in [4.78, 5) is 6.64. The number of hydrogen-bond acceptors (Lipinski definition) is 4. The molecule has 1 heterocycles. The van der Waals surface area contributed by atoms with Gasteiger partial charge in [0.2, 0.25) is 0 Å². The van der Waals surface area contributed by atoms with Crippen LogP contribution in [0.3, 0.4) is 0 Å². The Kier molecular flexibility index (Phi) is 7.45. The highest BCUT2D eigenvalue weighted by molar-refractivity contribution is 5.45. The Bertz CT molecular complexity index is 355. The van der Waals surface area contributed by atoms with Gasteiger partial charge in [0, 0.05) is 38.5 Å². The number of nitrogens with zero attached hydrogens (tertiary/aromatic N) is 2. The minimum Gasteiger partial charge on any atom is -0.380 e. The van der Waals surface area contributed by atoms with Crippen molar-refractivity contribution >= 4 is 5.82 Å². The largest absolute Gasteiger partial charge is 0.380 e. The van der Waals surface area contributed by atoms with Gasteiger partial charge in [-0.05, 0) is 25.5 Å². The Labute approximate surface area is 117 Å². The second kappa shape index (κ2) is 8.88. The molecule has 0 atom stereocenters. The summed E-state index contributed by atoms with van der Waals surface area (Å²) in [5.74, 6) is 1.70. The van der Waals surface area contributed by atoms with Crippen molar-refractivity contribution in [3.05, 3.63) is 23.9 Å². The molecule has 19 heavy (non-hydrogen) atoms. The van der Waals surface area contributed by atoms with E-state index in [2.05, 4.69) is 42.2 Å². The minimum atomic E-state index is 0.663. The normalized spacial score (nSPS) is 11.0. The van der Waals surface area contributed by atoms with Gasteiger partial charge < -0.3 is 15.0 Å². The molecule has 0 aromatic carbocycles. The summed E-state index contributed by atoms with van der Waals surface area (Å²) in [6.45, 7) is 10.7. The molecule has 4 nitrogen and oxygen atoms in total. The van der Waals surface area contributed by atoms with Gasteiger partial charge in [0.05, 0.1) is 6.61 Å². The van der Waals surface area contributed by atoms with E-state index < -0.39 is 0 Å². The predicted molar refractivity (Wildman–Crippen MR) is 80.5 cm³/mol. The molecular formula is C15H27N3O. The molecule has 0 spiro atoms. The first-order chi connectivity index (χ1) is 9.15. The average Bonchev–Trinajstić information content (AvgIpc) is 2.39. The summed E-state index contributed by atoms with van der Waals surface area (Å²) in [6.07, 6.45) is 1.85. The second-order valence-corrected chi connectivity index (χ2v) is 5.13. The molecule has 0 aliphatic carbocycles. The lowest BCUT2D eigenvalue weighted by Crippen LogP contribution is -2.26. The van der Waals surface area contributed by atoms with Crippen LogP contribution in [0.25, 0.3) is 0 Å². The van der Waals surface area contributed by atoms with Crippen LogP contribution in [0, 0.1) is 5.92 Å². The fourth-order valence-corrected chi connectivity index (χ4v) is 1.86. The summed E-state index contributed by atoms with van der Waals surface area (Å²) >= 11 is 0. The highest BCUT2D eigenvalue weighted by Gasteiger charge is 2.08. The maximum absolute atomic E-state index is 5.39. The van der Waals surface area contributed by atoms with Gasteiger partial charge in [-0.1, -0.05) is 19.9 Å². The van der Waals surface area contributed by atoms with Crippen molar-refractivity contribution in [3.8, 4) is 0 Å². The molecule has 0 amide bonds. The molecule has 1 N–H and O–H groups in total. The topological polar surface area (TPSA) is 37.4 Å². The average molecular weight is 265 g/mol. The molecule has 0 unspecified atom stereocenters. The standard InChI is InChI=1S/C15H27N3O/c1-5-19-10-9-18(4)15-14(7-6-8-17-15)12-16-11-13(2)3/h6-8,13,16H,5,9-12H2,1-4H3. The number of pyridine rings is 1. The van der Waals surface area contributed by atoms with Crippen LogP contribution in [-0.4, -0.2) is 38.3 Å². The van der Waals surface area contributed by atoms with Crippen molar-refractivity contribution in [1.82, 2.24) is 10.3 Å². The Morgan fingerprint density at radius 3 is 2.89 bits per heavy atom. The maximum atomic E-state index is 5.39. The van der Waals surface area contributed by atoms with Crippen molar-refractivity contribution in [1.29, 1.82) is 0 Å². The fraction of sp³-hybridized carbons (Fsp3) is 0.667. The van der Waals surface area contributed by atoms with Gasteiger partial charge in [0.25, 0.3) is 0 Å². The highest BCUT2D eigenvalue weighted by Crippen LogP contribution is 2.15. The van der Waals surface area contributed by atoms with E-state index in [0.717, 1.165) is 38.7 Å². The summed E-state index contributed by atoms with van der Waals surface area (Å²) in [5, 5.41) is 3.47. The first kappa shape index (κ1) is 15.9. The van der Waals surface area contributed by atoms with Crippen LogP contribution in [0.15, 0.2) is 18.3 Å². The lowest BCUT2D eigenvalue weighted by Gasteiger charge is -2.21. The predicted octanol–water partition coefficient (Wildman–Crippen LogP) is 2.30. The monoisotopic (exact) mass is 265 g/mol. The Morgan fingerprint density at radius 2 is 2.21 bits per heavy atom. The van der Waals surface area contributed by atoms with Crippen molar-refractivity contribution in [2.75, 3.05) is 38.3 Å². The summed E-state index contributed by atoms with van der Waals surface area (Å²) in [6, 6.07) is 4.12. The fourth-order valence-electron chi connectivity index (χ4n) is 1.86. The zero-order valence-electron chi connectivity index (χ0n) is 12.6. The lowest BCUT2D eigenvalue weighted by atomic mass is 10.2. The quantitative estimate of drug-likeness (QED) is 0.695. The summed E-state index contributed by atoms with van der Waals surface area (Å²) < 4.78 is 5.39. The molecule has 1 aromatic heterocycles. The molecule has 1 rings (SSSR count). The van der Waals surface area contributed by atoms with E-state index in [4.69, 9.17) is 4.74 Å². The van der Waals surface area contributed by atoms with E-state index in [9.17, 15) is 0 Å². The van der Waals surface area contributed by atoms with Crippen LogP contribution in [0.1, 0.15) is 26.3 Å². The molecule has 0 radical (unpaired) electrons. The van der Waals surface area contributed by atoms with Crippen LogP contribution in [0.2, 0.25) is 0 Å². The first-order valence-corrected chi connectivity index (χ1v) is 7.08. The molecule has 4 heteroatoms. The Balaban J connectivity index is 2.56. The molecule has 0 saturated heterocycles. The third-order valence-corrected chi connectivity index (χ3v) is 2.87. The Morgan fingerprint density at radius 1 is 1.42 bits per heavy atom. The number of anilines is 1. The van der Waals surface area contributed by atoms with Crippen LogP contribution >= 0.6 is 0 Å². The van der Waals surface area contributed by atoms with E-state index in [-0.39, 0.29) is 0 Å². The molecule has 0 aliphatic rings. The maximum Gasteiger partial charge on any atom is 0.132 e. The van der Waals surface area contributed by atoms with Crippen LogP contribution < -0.4 is 10.2 Å². The number of likely N-dealkylation sites (N-methyl/N-ethyl adjacent to an activating group) is 1. The number of aromatic nitrogens is 1. The van der Waals surface area contributed by atoms with Crippen molar-refractivity contribution < 1.29 is 4.74 Å². The third-order valence-electron chi connectivity index (χ3n) is 2.87. The highest BCUT2D eigenvalue weighted by atomic mass is 16.5. The van der Waals surface area contributed by atoms with Crippen LogP contribution in [-0.2, 0) is 11.3 Å². The SMILES string of the molecule is CCOCCN(C)c1ncccc1CNCC(C)C. The van der Waals surface area contributed by atoms with Gasteiger partial charge in [-0.2, -0.15) is 0 Å². The van der Waals surface area contributed by atoms with Gasteiger partial charge in [-0.3, -0.25) is 0 Å². The van der Waals surface area contributed by atoms with E-state index in [1.54, 1.807) is 0 Å². The van der Waals surface area contributed by atoms with E-state index in [1.165, 1.54) is 5.56 Å². The summed E-state index contributed by atoms with van der Waals surface area (Å²) in [5.41, 5.74) is 1.24. The van der Waals surface area contributed by atoms with Gasteiger partial charge in [0.15, 0.2) is 0 Å². The van der Waals surface area contributed by atoms with Crippen molar-refractivity contribution in [2.24, 2.45) is 5.92 Å². The van der Waals surface area contributed by atoms with Crippen LogP contribution in [0.5, 0.6) is 0 Å². The number of nitrogens with one attached hydrogen (secondary N) is 1. The molecule has 0 bridgehead atoms. The number of rotatable bonds is 9. The van der Waals surface area contributed by atoms with Gasteiger partial charge in [-0.25, -0.2) is 4.98 Å². The summed E-state index contributed by atoms with van der Waals surface area (Å²) in [7, 11) is 2.06. The van der Waals surface area contributed by atoms with Gasteiger partial charge in [0.1, 0.15) is 5.82 Å². The number of hydrogen-bond donors (Lipinski definition) is 1. The lowest BCUT2D eigenvalue weighted by molar-refractivity contribution is 0.154. The third kappa shape index (κ3) is 6.03. The van der Waals surface area contributed by atoms with E-state index in [0.29, 0.717) is 5.92 Å². The van der Waals surface area contributed by atoms with Gasteiger partial charge in [-0.15, -0.1) is 0 Å². The zero-order chi connectivity index (χ0) is 14.1. The smallest absolute Gasteiger partial charge is 0.132 e. The molecule has 0 aliphatic heterocycles. The second-order valence-electron chi connectivity index (χ2n) is 5.13. The van der Waals surface area contributed by atoms with E-state index in [1.807, 2.05) is 19.2 Å². The minimum absolute atomic E-state index is 0.663. The van der Waals surface area contributed by atoms with E-state index >= 15 is 0 Å². The Hall–Kier alpha value is -1.13. The molecule has 108 valence electrons. The molecule has 0 saturated carbocycles. The molecule has 0 fully saturated rings. The molecule has 1 aromatic rings. The number of ether oxygens (including phenoxy) is 1.